The summed E-state index contributed by atoms with van der Waals surface area (Å²) >= 11 is 3.53. The fourth-order valence-corrected chi connectivity index (χ4v) is 1.98. The van der Waals surface area contributed by atoms with Crippen molar-refractivity contribution in [2.24, 2.45) is 14.1 Å². The third-order valence-electron chi connectivity index (χ3n) is 2.37. The van der Waals surface area contributed by atoms with Gasteiger partial charge in [-0.2, -0.15) is 0 Å². The zero-order valence-corrected chi connectivity index (χ0v) is 10.9. The molecular formula is C12H14BrN3+2. The van der Waals surface area contributed by atoms with Crippen molar-refractivity contribution < 1.29 is 9.13 Å². The van der Waals surface area contributed by atoms with Crippen LogP contribution in [0.4, 0.5) is 11.5 Å². The highest BCUT2D eigenvalue weighted by Crippen LogP contribution is 2.20. The Bertz CT molecular complexity index is 474. The first kappa shape index (κ1) is 11.1. The van der Waals surface area contributed by atoms with E-state index in [4.69, 9.17) is 0 Å². The number of rotatable bonds is 2. The van der Waals surface area contributed by atoms with Gasteiger partial charge >= 0.3 is 0 Å². The molecule has 2 rings (SSSR count). The summed E-state index contributed by atoms with van der Waals surface area (Å²) in [5, 5.41) is 3.37. The van der Waals surface area contributed by atoms with E-state index in [1.165, 1.54) is 0 Å². The van der Waals surface area contributed by atoms with E-state index in [1.54, 1.807) is 0 Å². The molecule has 1 N–H and O–H groups in total. The molecule has 2 aromatic rings. The molecule has 16 heavy (non-hydrogen) atoms. The number of pyridine rings is 2. The van der Waals surface area contributed by atoms with Crippen LogP contribution in [0.2, 0.25) is 0 Å². The van der Waals surface area contributed by atoms with E-state index in [1.807, 2.05) is 66.1 Å². The molecule has 0 aromatic carbocycles. The van der Waals surface area contributed by atoms with Crippen LogP contribution in [0.1, 0.15) is 0 Å². The SMILES string of the molecule is C[n+]1ccc(Nc2c(Br)ccc[n+]2C)cc1. The molecule has 0 fully saturated rings. The van der Waals surface area contributed by atoms with Crippen LogP contribution < -0.4 is 14.5 Å². The molecule has 0 amide bonds. The van der Waals surface area contributed by atoms with Crippen LogP contribution in [-0.2, 0) is 14.1 Å². The summed E-state index contributed by atoms with van der Waals surface area (Å²) in [5.74, 6) is 1.04. The summed E-state index contributed by atoms with van der Waals surface area (Å²) in [4.78, 5) is 0. The van der Waals surface area contributed by atoms with Gasteiger partial charge in [0.15, 0.2) is 12.4 Å². The number of halogens is 1. The second-order valence-electron chi connectivity index (χ2n) is 3.69. The van der Waals surface area contributed by atoms with Crippen LogP contribution in [0.25, 0.3) is 0 Å². The second-order valence-corrected chi connectivity index (χ2v) is 4.55. The van der Waals surface area contributed by atoms with E-state index in [0.29, 0.717) is 0 Å². The summed E-state index contributed by atoms with van der Waals surface area (Å²) in [7, 11) is 4.01. The zero-order chi connectivity index (χ0) is 11.5. The lowest BCUT2D eigenvalue weighted by molar-refractivity contribution is -0.671. The Morgan fingerprint density at radius 1 is 1.06 bits per heavy atom. The molecule has 2 heterocycles. The highest BCUT2D eigenvalue weighted by Gasteiger charge is 2.11. The largest absolute Gasteiger partial charge is 0.293 e. The Balaban J connectivity index is 2.30. The predicted molar refractivity (Wildman–Crippen MR) is 66.2 cm³/mol. The number of nitrogens with zero attached hydrogens (tertiary/aromatic N) is 2. The highest BCUT2D eigenvalue weighted by atomic mass is 79.9. The summed E-state index contributed by atoms with van der Waals surface area (Å²) in [6.07, 6.45) is 6.04. The van der Waals surface area contributed by atoms with Gasteiger partial charge in [0.25, 0.3) is 5.82 Å². The van der Waals surface area contributed by atoms with E-state index in [9.17, 15) is 0 Å². The van der Waals surface area contributed by atoms with Crippen LogP contribution >= 0.6 is 15.9 Å². The maximum atomic E-state index is 3.53. The Hall–Kier alpha value is -1.42. The number of aromatic nitrogens is 2. The van der Waals surface area contributed by atoms with Crippen molar-refractivity contribution in [1.82, 2.24) is 0 Å². The van der Waals surface area contributed by atoms with Crippen LogP contribution in [0, 0.1) is 0 Å². The minimum absolute atomic E-state index is 1.04. The van der Waals surface area contributed by atoms with Gasteiger partial charge in [0, 0.05) is 12.1 Å². The molecule has 4 heteroatoms. The first-order valence-corrected chi connectivity index (χ1v) is 5.82. The fraction of sp³-hybridized carbons (Fsp3) is 0.167. The third kappa shape index (κ3) is 2.39. The normalized spacial score (nSPS) is 10.2. The quantitative estimate of drug-likeness (QED) is 0.832. The van der Waals surface area contributed by atoms with Crippen LogP contribution in [0.5, 0.6) is 0 Å². The number of hydrogen-bond donors (Lipinski definition) is 1. The molecule has 82 valence electrons. The monoisotopic (exact) mass is 279 g/mol. The van der Waals surface area contributed by atoms with E-state index in [2.05, 4.69) is 21.2 Å². The van der Waals surface area contributed by atoms with Gasteiger partial charge in [-0.25, -0.2) is 14.5 Å². The number of anilines is 2. The van der Waals surface area contributed by atoms with Crippen molar-refractivity contribution in [2.75, 3.05) is 5.32 Å². The molecule has 0 aliphatic carbocycles. The molecule has 0 unspecified atom stereocenters. The molecular weight excluding hydrogens is 266 g/mol. The smallest absolute Gasteiger partial charge is 0.239 e. The Morgan fingerprint density at radius 3 is 2.38 bits per heavy atom. The van der Waals surface area contributed by atoms with Gasteiger partial charge in [-0.05, 0) is 28.1 Å². The van der Waals surface area contributed by atoms with Crippen molar-refractivity contribution in [3.63, 3.8) is 0 Å². The fourth-order valence-electron chi connectivity index (χ4n) is 1.45. The Kier molecular flexibility index (Phi) is 3.19. The maximum Gasteiger partial charge on any atom is 0.293 e. The van der Waals surface area contributed by atoms with Crippen molar-refractivity contribution in [3.05, 3.63) is 47.3 Å². The average molecular weight is 280 g/mol. The summed E-state index contributed by atoms with van der Waals surface area (Å²) < 4.78 is 5.09. The lowest BCUT2D eigenvalue weighted by Crippen LogP contribution is -2.31. The predicted octanol–water partition coefficient (Wildman–Crippen LogP) is 1.84. The third-order valence-corrected chi connectivity index (χ3v) is 3.01. The lowest BCUT2D eigenvalue weighted by Gasteiger charge is -2.03. The lowest BCUT2D eigenvalue weighted by atomic mass is 10.4. The van der Waals surface area contributed by atoms with Crippen LogP contribution in [0.15, 0.2) is 47.3 Å². The summed E-state index contributed by atoms with van der Waals surface area (Å²) in [5.41, 5.74) is 1.07. The van der Waals surface area contributed by atoms with E-state index >= 15 is 0 Å². The van der Waals surface area contributed by atoms with E-state index < -0.39 is 0 Å². The first-order chi connectivity index (χ1) is 7.66. The van der Waals surface area contributed by atoms with Gasteiger partial charge in [-0.3, -0.25) is 0 Å². The molecule has 3 nitrogen and oxygen atoms in total. The number of aryl methyl sites for hydroxylation is 2. The molecule has 0 aliphatic heterocycles. The van der Waals surface area contributed by atoms with Gasteiger partial charge in [0.05, 0.1) is 13.2 Å². The number of nitrogens with one attached hydrogen (secondary N) is 1. The Labute approximate surface area is 103 Å². The molecule has 0 aliphatic rings. The van der Waals surface area contributed by atoms with Crippen molar-refractivity contribution in [2.45, 2.75) is 0 Å². The minimum atomic E-state index is 1.04. The first-order valence-electron chi connectivity index (χ1n) is 5.03. The summed E-state index contributed by atoms with van der Waals surface area (Å²) in [6, 6.07) is 8.10. The standard InChI is InChI=1S/C12H13BrN3/c1-15-8-5-10(6-9-15)14-12-11(13)4-3-7-16(12)2/h3-9H,1-2H3/q+1/p+1. The van der Waals surface area contributed by atoms with Gasteiger partial charge in [-0.15, -0.1) is 0 Å². The van der Waals surface area contributed by atoms with Gasteiger partial charge in [0.2, 0.25) is 0 Å². The van der Waals surface area contributed by atoms with Crippen LogP contribution in [-0.4, -0.2) is 0 Å². The molecule has 0 atom stereocenters. The minimum Gasteiger partial charge on any atom is -0.239 e. The van der Waals surface area contributed by atoms with E-state index in [0.717, 1.165) is 16.0 Å². The van der Waals surface area contributed by atoms with Crippen molar-refractivity contribution in [1.29, 1.82) is 0 Å². The molecule has 2 aromatic heterocycles. The average Bonchev–Trinajstić information content (AvgIpc) is 2.26. The molecule has 0 bridgehead atoms. The molecule has 0 radical (unpaired) electrons. The topological polar surface area (TPSA) is 19.8 Å². The van der Waals surface area contributed by atoms with Gasteiger partial charge < -0.3 is 0 Å². The van der Waals surface area contributed by atoms with Crippen LogP contribution in [0.3, 0.4) is 0 Å². The molecule has 0 saturated heterocycles. The molecule has 0 saturated carbocycles. The maximum absolute atomic E-state index is 3.53. The van der Waals surface area contributed by atoms with Crippen molar-refractivity contribution >= 4 is 27.4 Å². The molecule has 0 spiro atoms. The highest BCUT2D eigenvalue weighted by molar-refractivity contribution is 9.10. The van der Waals surface area contributed by atoms with Crippen molar-refractivity contribution in [3.8, 4) is 0 Å². The Morgan fingerprint density at radius 2 is 1.75 bits per heavy atom. The summed E-state index contributed by atoms with van der Waals surface area (Å²) in [6.45, 7) is 0. The zero-order valence-electron chi connectivity index (χ0n) is 9.31. The van der Waals surface area contributed by atoms with Gasteiger partial charge in [0.1, 0.15) is 17.2 Å². The number of hydrogen-bond acceptors (Lipinski definition) is 1. The second kappa shape index (κ2) is 4.61. The van der Waals surface area contributed by atoms with Gasteiger partial charge in [-0.1, -0.05) is 0 Å². The van der Waals surface area contributed by atoms with E-state index in [-0.39, 0.29) is 0 Å².